The van der Waals surface area contributed by atoms with Crippen molar-refractivity contribution in [1.29, 1.82) is 0 Å². The third-order valence-electron chi connectivity index (χ3n) is 4.51. The molecule has 144 valence electrons. The Morgan fingerprint density at radius 3 is 2.71 bits per heavy atom. The molecule has 10 heteroatoms. The van der Waals surface area contributed by atoms with E-state index in [4.69, 9.17) is 4.42 Å². The van der Waals surface area contributed by atoms with E-state index in [1.165, 1.54) is 29.2 Å². The summed E-state index contributed by atoms with van der Waals surface area (Å²) < 4.78 is 20.2. The van der Waals surface area contributed by atoms with Gasteiger partial charge in [-0.2, -0.15) is 5.10 Å². The Kier molecular flexibility index (Phi) is 4.38. The van der Waals surface area contributed by atoms with Crippen LogP contribution in [0.2, 0.25) is 0 Å². The molecule has 2 amide bonds. The third-order valence-corrected chi connectivity index (χ3v) is 4.51. The Morgan fingerprint density at radius 1 is 1.29 bits per heavy atom. The second-order valence-electron chi connectivity index (χ2n) is 6.58. The molecule has 0 aliphatic carbocycles. The third kappa shape index (κ3) is 3.36. The molecule has 4 rings (SSSR count). The number of nitrogens with zero attached hydrogens (tertiary/aromatic N) is 5. The van der Waals surface area contributed by atoms with Crippen molar-refractivity contribution in [3.63, 3.8) is 0 Å². The first-order valence-electron chi connectivity index (χ1n) is 8.62. The number of aromatic nitrogens is 4. The molecule has 1 aromatic carbocycles. The highest BCUT2D eigenvalue weighted by Gasteiger charge is 2.35. The van der Waals surface area contributed by atoms with Crippen molar-refractivity contribution in [1.82, 2.24) is 20.0 Å². The highest BCUT2D eigenvalue weighted by Crippen LogP contribution is 2.26. The number of hydrogen-bond donors (Lipinski definition) is 1. The molecule has 1 fully saturated rings. The Bertz CT molecular complexity index is 1040. The van der Waals surface area contributed by atoms with Gasteiger partial charge in [0.1, 0.15) is 11.5 Å². The van der Waals surface area contributed by atoms with Gasteiger partial charge < -0.3 is 9.32 Å². The van der Waals surface area contributed by atoms with E-state index >= 15 is 0 Å². The zero-order chi connectivity index (χ0) is 19.8. The number of hydrogen-bond acceptors (Lipinski definition) is 6. The van der Waals surface area contributed by atoms with Crippen molar-refractivity contribution in [2.24, 2.45) is 13.0 Å². The molecule has 0 saturated carbocycles. The number of anilines is 2. The molecule has 0 radical (unpaired) electrons. The fourth-order valence-corrected chi connectivity index (χ4v) is 3.15. The predicted octanol–water partition coefficient (Wildman–Crippen LogP) is 1.91. The van der Waals surface area contributed by atoms with Crippen LogP contribution in [0.25, 0.3) is 11.6 Å². The second kappa shape index (κ2) is 6.87. The Hall–Kier alpha value is -3.56. The minimum atomic E-state index is -0.577. The molecule has 1 N–H and O–H groups in total. The van der Waals surface area contributed by atoms with Gasteiger partial charge in [-0.1, -0.05) is 5.10 Å². The fourth-order valence-electron chi connectivity index (χ4n) is 3.15. The van der Waals surface area contributed by atoms with Crippen LogP contribution in [0.4, 0.5) is 16.1 Å². The van der Waals surface area contributed by atoms with Crippen molar-refractivity contribution in [2.45, 2.75) is 13.3 Å². The molecule has 1 saturated heterocycles. The van der Waals surface area contributed by atoms with Crippen molar-refractivity contribution < 1.29 is 18.4 Å². The van der Waals surface area contributed by atoms with Crippen LogP contribution < -0.4 is 10.2 Å². The lowest BCUT2D eigenvalue weighted by molar-refractivity contribution is -0.122. The summed E-state index contributed by atoms with van der Waals surface area (Å²) in [6.45, 7) is 2.03. The van der Waals surface area contributed by atoms with Gasteiger partial charge in [0, 0.05) is 25.7 Å². The molecule has 0 bridgehead atoms. The number of nitrogens with one attached hydrogen (secondary N) is 1. The normalized spacial score (nSPS) is 16.6. The maximum absolute atomic E-state index is 13.1. The van der Waals surface area contributed by atoms with Gasteiger partial charge in [-0.3, -0.25) is 19.6 Å². The van der Waals surface area contributed by atoms with E-state index in [2.05, 4.69) is 20.6 Å². The summed E-state index contributed by atoms with van der Waals surface area (Å²) in [5, 5.41) is 14.5. The van der Waals surface area contributed by atoms with E-state index in [0.717, 1.165) is 5.69 Å². The quantitative estimate of drug-likeness (QED) is 0.737. The van der Waals surface area contributed by atoms with Crippen molar-refractivity contribution in [3.8, 4) is 11.6 Å². The van der Waals surface area contributed by atoms with E-state index in [9.17, 15) is 14.0 Å². The monoisotopic (exact) mass is 384 g/mol. The minimum Gasteiger partial charge on any atom is -0.401 e. The van der Waals surface area contributed by atoms with Crippen LogP contribution in [0, 0.1) is 18.7 Å². The lowest BCUT2D eigenvalue weighted by Gasteiger charge is -2.16. The zero-order valence-corrected chi connectivity index (χ0v) is 15.2. The molecular formula is C18H17FN6O3. The maximum Gasteiger partial charge on any atom is 0.322 e. The van der Waals surface area contributed by atoms with Gasteiger partial charge in [0.05, 0.1) is 11.6 Å². The highest BCUT2D eigenvalue weighted by molar-refractivity contribution is 6.02. The molecule has 2 aromatic heterocycles. The first kappa shape index (κ1) is 17.8. The predicted molar refractivity (Wildman–Crippen MR) is 96.7 cm³/mol. The average Bonchev–Trinajstić information content (AvgIpc) is 3.35. The molecule has 1 aliphatic heterocycles. The van der Waals surface area contributed by atoms with E-state index in [-0.39, 0.29) is 36.6 Å². The zero-order valence-electron chi connectivity index (χ0n) is 15.2. The van der Waals surface area contributed by atoms with Crippen LogP contribution in [-0.2, 0) is 16.6 Å². The van der Waals surface area contributed by atoms with Gasteiger partial charge in [-0.15, -0.1) is 5.10 Å². The molecule has 1 aliphatic rings. The van der Waals surface area contributed by atoms with Crippen LogP contribution in [0.5, 0.6) is 0 Å². The van der Waals surface area contributed by atoms with E-state index in [0.29, 0.717) is 11.4 Å². The summed E-state index contributed by atoms with van der Waals surface area (Å²) in [6, 6.07) is 7.30. The molecule has 3 aromatic rings. The van der Waals surface area contributed by atoms with Gasteiger partial charge in [0.25, 0.3) is 5.89 Å². The Balaban J connectivity index is 1.44. The van der Waals surface area contributed by atoms with E-state index < -0.39 is 11.8 Å². The number of amides is 2. The summed E-state index contributed by atoms with van der Waals surface area (Å²) in [5.74, 6) is -1.33. The molecule has 0 spiro atoms. The van der Waals surface area contributed by atoms with Gasteiger partial charge in [0.2, 0.25) is 11.8 Å². The van der Waals surface area contributed by atoms with Crippen LogP contribution in [0.3, 0.4) is 0 Å². The summed E-state index contributed by atoms with van der Waals surface area (Å²) in [6.07, 6.45) is 0.0468. The number of aryl methyl sites for hydroxylation is 2. The number of halogens is 1. The number of rotatable bonds is 4. The number of carbonyl (C=O) groups is 2. The SMILES string of the molecule is Cc1cc(-c2nnc(NC(=O)C3CC(=O)N(c4ccc(F)cc4)C3)o2)n(C)n1. The molecule has 9 nitrogen and oxygen atoms in total. The summed E-state index contributed by atoms with van der Waals surface area (Å²) in [5.41, 5.74) is 1.98. The smallest absolute Gasteiger partial charge is 0.322 e. The summed E-state index contributed by atoms with van der Waals surface area (Å²) in [4.78, 5) is 26.2. The van der Waals surface area contributed by atoms with Crippen molar-refractivity contribution >= 4 is 23.5 Å². The van der Waals surface area contributed by atoms with Gasteiger partial charge in [-0.25, -0.2) is 4.39 Å². The fraction of sp³-hybridized carbons (Fsp3) is 0.278. The molecule has 28 heavy (non-hydrogen) atoms. The average molecular weight is 384 g/mol. The first-order chi connectivity index (χ1) is 13.4. The van der Waals surface area contributed by atoms with E-state index in [1.807, 2.05) is 6.92 Å². The number of carbonyl (C=O) groups excluding carboxylic acids is 2. The lowest BCUT2D eigenvalue weighted by atomic mass is 10.1. The maximum atomic E-state index is 13.1. The summed E-state index contributed by atoms with van der Waals surface area (Å²) >= 11 is 0. The van der Waals surface area contributed by atoms with Gasteiger partial charge >= 0.3 is 6.01 Å². The largest absolute Gasteiger partial charge is 0.401 e. The summed E-state index contributed by atoms with van der Waals surface area (Å²) in [7, 11) is 1.75. The van der Waals surface area contributed by atoms with Crippen LogP contribution in [0.1, 0.15) is 12.1 Å². The number of benzene rings is 1. The molecule has 3 heterocycles. The molecule has 1 atom stereocenters. The topological polar surface area (TPSA) is 106 Å². The van der Waals surface area contributed by atoms with Crippen molar-refractivity contribution in [3.05, 3.63) is 41.8 Å². The lowest BCUT2D eigenvalue weighted by Crippen LogP contribution is -2.28. The first-order valence-corrected chi connectivity index (χ1v) is 8.62. The van der Waals surface area contributed by atoms with E-state index in [1.54, 1.807) is 17.8 Å². The Labute approximate surface area is 159 Å². The van der Waals surface area contributed by atoms with Crippen molar-refractivity contribution in [2.75, 3.05) is 16.8 Å². The highest BCUT2D eigenvalue weighted by atomic mass is 19.1. The van der Waals surface area contributed by atoms with Gasteiger partial charge in [-0.05, 0) is 37.3 Å². The second-order valence-corrected chi connectivity index (χ2v) is 6.58. The Morgan fingerprint density at radius 2 is 2.04 bits per heavy atom. The van der Waals surface area contributed by atoms with Gasteiger partial charge in [0.15, 0.2) is 0 Å². The van der Waals surface area contributed by atoms with Crippen LogP contribution in [0.15, 0.2) is 34.7 Å². The molecular weight excluding hydrogens is 367 g/mol. The van der Waals surface area contributed by atoms with Crippen LogP contribution in [-0.4, -0.2) is 38.3 Å². The standard InChI is InChI=1S/C18H17FN6O3/c1-10-7-14(24(2)23-10)17-21-22-18(28-17)20-16(27)11-8-15(26)25(9-11)13-5-3-12(19)4-6-13/h3-7,11H,8-9H2,1-2H3,(H,20,22,27). The van der Waals surface area contributed by atoms with Crippen LogP contribution >= 0.6 is 0 Å². The molecule has 1 unspecified atom stereocenters. The minimum absolute atomic E-state index is 0.0468.